The van der Waals surface area contributed by atoms with E-state index in [9.17, 15) is 0 Å². The van der Waals surface area contributed by atoms with E-state index in [0.29, 0.717) is 0 Å². The Kier molecular flexibility index (Phi) is 3.33. The first-order valence-corrected chi connectivity index (χ1v) is 7.95. The number of aromatic amines is 1. The van der Waals surface area contributed by atoms with Crippen LogP contribution in [-0.2, 0) is 13.5 Å². The molecule has 1 aromatic carbocycles. The zero-order chi connectivity index (χ0) is 14.9. The number of piperidine rings is 1. The summed E-state index contributed by atoms with van der Waals surface area (Å²) in [5, 5.41) is 0. The van der Waals surface area contributed by atoms with Crippen molar-refractivity contribution in [2.75, 3.05) is 18.0 Å². The number of aryl methyl sites for hydroxylation is 1. The fraction of sp³-hybridized carbons (Fsp3) is 0.412. The second kappa shape index (κ2) is 5.48. The number of nitrogens with zero attached hydrogens (tertiary/aromatic N) is 4. The number of nitrogens with one attached hydrogen (secondary N) is 1. The summed E-state index contributed by atoms with van der Waals surface area (Å²) in [5.74, 6) is 2.93. The SMILES string of the molecule is Cn1ccnc1CC1CCN(c2nc3ccccc3[nH]2)CC1. The summed E-state index contributed by atoms with van der Waals surface area (Å²) in [6.07, 6.45) is 7.39. The van der Waals surface area contributed by atoms with Crippen LogP contribution < -0.4 is 4.90 Å². The van der Waals surface area contributed by atoms with E-state index in [1.54, 1.807) is 0 Å². The van der Waals surface area contributed by atoms with Crippen molar-refractivity contribution in [2.24, 2.45) is 13.0 Å². The number of benzene rings is 1. The first kappa shape index (κ1) is 13.4. The highest BCUT2D eigenvalue weighted by Crippen LogP contribution is 2.25. The molecular weight excluding hydrogens is 274 g/mol. The Morgan fingerprint density at radius 2 is 2.05 bits per heavy atom. The second-order valence-corrected chi connectivity index (χ2v) is 6.17. The third kappa shape index (κ3) is 2.47. The molecule has 0 amide bonds. The van der Waals surface area contributed by atoms with E-state index < -0.39 is 0 Å². The number of H-pyrrole nitrogens is 1. The van der Waals surface area contributed by atoms with Gasteiger partial charge < -0.3 is 14.5 Å². The van der Waals surface area contributed by atoms with Gasteiger partial charge in [0.25, 0.3) is 0 Å². The number of fused-ring (bicyclic) bond motifs is 1. The Morgan fingerprint density at radius 3 is 2.77 bits per heavy atom. The van der Waals surface area contributed by atoms with E-state index >= 15 is 0 Å². The lowest BCUT2D eigenvalue weighted by Gasteiger charge is -2.31. The molecule has 3 heterocycles. The molecule has 1 aliphatic rings. The van der Waals surface area contributed by atoms with Gasteiger partial charge in [-0.25, -0.2) is 9.97 Å². The minimum atomic E-state index is 0.724. The molecule has 0 aliphatic carbocycles. The summed E-state index contributed by atoms with van der Waals surface area (Å²) in [6, 6.07) is 8.22. The van der Waals surface area contributed by atoms with Crippen molar-refractivity contribution in [3.8, 4) is 0 Å². The van der Waals surface area contributed by atoms with Crippen LogP contribution in [0.15, 0.2) is 36.7 Å². The Hall–Kier alpha value is -2.30. The standard InChI is InChI=1S/C17H21N5/c1-21-11-8-18-16(21)12-13-6-9-22(10-7-13)17-19-14-4-2-3-5-15(14)20-17/h2-5,8,11,13H,6-7,9-10,12H2,1H3,(H,19,20). The van der Waals surface area contributed by atoms with Crippen molar-refractivity contribution in [3.63, 3.8) is 0 Å². The van der Waals surface area contributed by atoms with Gasteiger partial charge in [-0.15, -0.1) is 0 Å². The molecule has 1 saturated heterocycles. The lowest BCUT2D eigenvalue weighted by molar-refractivity contribution is 0.391. The van der Waals surface area contributed by atoms with Gasteiger partial charge in [0.05, 0.1) is 11.0 Å². The maximum Gasteiger partial charge on any atom is 0.203 e. The van der Waals surface area contributed by atoms with Gasteiger partial charge in [0.2, 0.25) is 5.95 Å². The topological polar surface area (TPSA) is 49.7 Å². The van der Waals surface area contributed by atoms with Gasteiger partial charge in [0.15, 0.2) is 0 Å². The Balaban J connectivity index is 1.42. The molecule has 0 unspecified atom stereocenters. The molecule has 114 valence electrons. The van der Waals surface area contributed by atoms with Crippen molar-refractivity contribution in [3.05, 3.63) is 42.5 Å². The van der Waals surface area contributed by atoms with Crippen LogP contribution in [0.2, 0.25) is 0 Å². The highest BCUT2D eigenvalue weighted by Gasteiger charge is 2.22. The minimum Gasteiger partial charge on any atom is -0.342 e. The van der Waals surface area contributed by atoms with E-state index in [-0.39, 0.29) is 0 Å². The van der Waals surface area contributed by atoms with Crippen LogP contribution in [0.1, 0.15) is 18.7 Å². The van der Waals surface area contributed by atoms with Crippen LogP contribution in [0.3, 0.4) is 0 Å². The van der Waals surface area contributed by atoms with E-state index in [0.717, 1.165) is 42.4 Å². The Bertz CT molecular complexity index is 731. The molecule has 1 N–H and O–H groups in total. The van der Waals surface area contributed by atoms with Crippen LogP contribution >= 0.6 is 0 Å². The van der Waals surface area contributed by atoms with Crippen LogP contribution in [0.4, 0.5) is 5.95 Å². The van der Waals surface area contributed by atoms with Gasteiger partial charge in [-0.05, 0) is 30.9 Å². The molecule has 0 radical (unpaired) electrons. The predicted octanol–water partition coefficient (Wildman–Crippen LogP) is 2.76. The maximum absolute atomic E-state index is 4.71. The monoisotopic (exact) mass is 295 g/mol. The molecule has 5 nitrogen and oxygen atoms in total. The predicted molar refractivity (Wildman–Crippen MR) is 87.9 cm³/mol. The molecule has 1 aliphatic heterocycles. The van der Waals surface area contributed by atoms with Gasteiger partial charge in [0.1, 0.15) is 5.82 Å². The molecule has 0 saturated carbocycles. The Morgan fingerprint density at radius 1 is 1.23 bits per heavy atom. The van der Waals surface area contributed by atoms with E-state index in [1.165, 1.54) is 18.7 Å². The molecule has 1 fully saturated rings. The summed E-state index contributed by atoms with van der Waals surface area (Å²) in [6.45, 7) is 2.13. The first-order chi connectivity index (χ1) is 10.8. The summed E-state index contributed by atoms with van der Waals surface area (Å²) in [5.41, 5.74) is 2.17. The van der Waals surface area contributed by atoms with Gasteiger partial charge in [0, 0.05) is 39.0 Å². The number of hydrogen-bond donors (Lipinski definition) is 1. The number of para-hydroxylation sites is 2. The number of imidazole rings is 2. The van der Waals surface area contributed by atoms with Crippen molar-refractivity contribution < 1.29 is 0 Å². The molecular formula is C17H21N5. The highest BCUT2D eigenvalue weighted by atomic mass is 15.3. The zero-order valence-electron chi connectivity index (χ0n) is 12.9. The van der Waals surface area contributed by atoms with E-state index in [1.807, 2.05) is 24.5 Å². The summed E-state index contributed by atoms with van der Waals surface area (Å²) >= 11 is 0. The number of anilines is 1. The molecule has 0 atom stereocenters. The average molecular weight is 295 g/mol. The van der Waals surface area contributed by atoms with Gasteiger partial charge in [-0.3, -0.25) is 0 Å². The van der Waals surface area contributed by atoms with Gasteiger partial charge in [-0.1, -0.05) is 12.1 Å². The lowest BCUT2D eigenvalue weighted by atomic mass is 9.93. The van der Waals surface area contributed by atoms with Crippen molar-refractivity contribution in [1.29, 1.82) is 0 Å². The largest absolute Gasteiger partial charge is 0.342 e. The summed E-state index contributed by atoms with van der Waals surface area (Å²) in [7, 11) is 2.08. The highest BCUT2D eigenvalue weighted by molar-refractivity contribution is 5.77. The summed E-state index contributed by atoms with van der Waals surface area (Å²) < 4.78 is 2.13. The van der Waals surface area contributed by atoms with Crippen molar-refractivity contribution in [1.82, 2.24) is 19.5 Å². The first-order valence-electron chi connectivity index (χ1n) is 7.95. The number of rotatable bonds is 3. The quantitative estimate of drug-likeness (QED) is 0.808. The third-order valence-corrected chi connectivity index (χ3v) is 4.68. The molecule has 0 spiro atoms. The average Bonchev–Trinajstić information content (AvgIpc) is 3.15. The van der Waals surface area contributed by atoms with Crippen LogP contribution in [0.5, 0.6) is 0 Å². The normalized spacial score (nSPS) is 16.5. The van der Waals surface area contributed by atoms with Crippen LogP contribution in [-0.4, -0.2) is 32.6 Å². The number of hydrogen-bond acceptors (Lipinski definition) is 3. The van der Waals surface area contributed by atoms with E-state index in [2.05, 4.69) is 38.6 Å². The fourth-order valence-corrected chi connectivity index (χ4v) is 3.29. The lowest BCUT2D eigenvalue weighted by Crippen LogP contribution is -2.35. The molecule has 3 aromatic rings. The molecule has 0 bridgehead atoms. The minimum absolute atomic E-state index is 0.724. The number of aromatic nitrogens is 4. The van der Waals surface area contributed by atoms with Gasteiger partial charge in [-0.2, -0.15) is 0 Å². The summed E-state index contributed by atoms with van der Waals surface area (Å²) in [4.78, 5) is 15.0. The maximum atomic E-state index is 4.71. The smallest absolute Gasteiger partial charge is 0.203 e. The van der Waals surface area contributed by atoms with Crippen LogP contribution in [0, 0.1) is 5.92 Å². The molecule has 22 heavy (non-hydrogen) atoms. The van der Waals surface area contributed by atoms with Gasteiger partial charge >= 0.3 is 0 Å². The molecule has 4 rings (SSSR count). The van der Waals surface area contributed by atoms with Crippen molar-refractivity contribution in [2.45, 2.75) is 19.3 Å². The molecule has 5 heteroatoms. The van der Waals surface area contributed by atoms with Crippen molar-refractivity contribution >= 4 is 17.0 Å². The zero-order valence-corrected chi connectivity index (χ0v) is 12.9. The Labute approximate surface area is 130 Å². The fourth-order valence-electron chi connectivity index (χ4n) is 3.29. The molecule has 2 aromatic heterocycles. The third-order valence-electron chi connectivity index (χ3n) is 4.68. The van der Waals surface area contributed by atoms with Crippen LogP contribution in [0.25, 0.3) is 11.0 Å². The second-order valence-electron chi connectivity index (χ2n) is 6.17. The van der Waals surface area contributed by atoms with E-state index in [4.69, 9.17) is 4.98 Å².